The van der Waals surface area contributed by atoms with Gasteiger partial charge in [0.1, 0.15) is 0 Å². The largest absolute Gasteiger partial charge is 0.335 e. The molecule has 0 aromatic heterocycles. The second-order valence-corrected chi connectivity index (χ2v) is 6.86. The monoisotopic (exact) mass is 395 g/mol. The molecule has 0 saturated carbocycles. The Labute approximate surface area is 164 Å². The van der Waals surface area contributed by atoms with Crippen LogP contribution < -0.4 is 15.1 Å². The first-order valence-corrected chi connectivity index (χ1v) is 9.54. The fraction of sp³-hybridized carbons (Fsp3) is 0.444. The van der Waals surface area contributed by atoms with Crippen molar-refractivity contribution in [3.05, 3.63) is 29.3 Å². The Morgan fingerprint density at radius 1 is 1.35 bits per heavy atom. The van der Waals surface area contributed by atoms with Crippen molar-refractivity contribution in [2.24, 2.45) is 10.9 Å². The fourth-order valence-corrected chi connectivity index (χ4v) is 3.27. The van der Waals surface area contributed by atoms with Gasteiger partial charge >= 0.3 is 0 Å². The number of quaternary nitrogens is 1. The van der Waals surface area contributed by atoms with E-state index in [4.69, 9.17) is 23.8 Å². The van der Waals surface area contributed by atoms with E-state index in [2.05, 4.69) is 24.2 Å². The molecule has 1 aromatic rings. The number of carbonyl (C=O) groups excluding carboxylic acids is 2. The highest BCUT2D eigenvalue weighted by Crippen LogP contribution is 2.23. The quantitative estimate of drug-likeness (QED) is 0.300. The van der Waals surface area contributed by atoms with Crippen molar-refractivity contribution >= 4 is 52.6 Å². The Kier molecular flexibility index (Phi) is 7.68. The molecule has 6 nitrogen and oxygen atoms in total. The van der Waals surface area contributed by atoms with Crippen LogP contribution in [0.15, 0.2) is 29.3 Å². The van der Waals surface area contributed by atoms with Crippen LogP contribution >= 0.6 is 23.8 Å². The highest BCUT2D eigenvalue weighted by Gasteiger charge is 2.38. The van der Waals surface area contributed by atoms with Crippen LogP contribution in [0.5, 0.6) is 0 Å². The summed E-state index contributed by atoms with van der Waals surface area (Å²) in [5.74, 6) is -1.85. The Hall–Kier alpha value is -1.83. The molecule has 2 N–H and O–H groups in total. The number of anilines is 1. The highest BCUT2D eigenvalue weighted by atomic mass is 35.5. The summed E-state index contributed by atoms with van der Waals surface area (Å²) >= 11 is 11.1. The van der Waals surface area contributed by atoms with E-state index in [9.17, 15) is 9.59 Å². The minimum Gasteiger partial charge on any atom is -0.335 e. The van der Waals surface area contributed by atoms with Crippen LogP contribution in [-0.4, -0.2) is 49.3 Å². The number of hydrogen-bond acceptors (Lipinski definition) is 4. The summed E-state index contributed by atoms with van der Waals surface area (Å²) < 4.78 is 0. The van der Waals surface area contributed by atoms with Gasteiger partial charge in [0, 0.05) is 24.2 Å². The van der Waals surface area contributed by atoms with Crippen LogP contribution in [0.3, 0.4) is 0 Å². The maximum absolute atomic E-state index is 12.8. The number of halogens is 1. The van der Waals surface area contributed by atoms with Gasteiger partial charge in [0.25, 0.3) is 5.91 Å². The molecule has 1 fully saturated rings. The number of benzene rings is 1. The van der Waals surface area contributed by atoms with E-state index in [1.807, 2.05) is 0 Å². The molecule has 1 aliphatic rings. The molecular formula is C18H24ClN4O2S+. The second kappa shape index (κ2) is 9.75. The lowest BCUT2D eigenvalue weighted by Crippen LogP contribution is -3.11. The molecule has 2 rings (SSSR count). The first-order chi connectivity index (χ1) is 12.5. The topological polar surface area (TPSA) is 66.2 Å². The Bertz CT molecular complexity index is 706. The van der Waals surface area contributed by atoms with Crippen molar-refractivity contribution in [1.29, 1.82) is 0 Å². The molecule has 140 valence electrons. The predicted octanol–water partition coefficient (Wildman–Crippen LogP) is 1.09. The Morgan fingerprint density at radius 3 is 2.73 bits per heavy atom. The normalized spacial score (nSPS) is 18.1. The average molecular weight is 396 g/mol. The number of rotatable bonds is 8. The zero-order valence-corrected chi connectivity index (χ0v) is 16.6. The molecule has 26 heavy (non-hydrogen) atoms. The highest BCUT2D eigenvalue weighted by molar-refractivity contribution is 7.80. The third-order valence-electron chi connectivity index (χ3n) is 4.34. The minimum absolute atomic E-state index is 0.0528. The van der Waals surface area contributed by atoms with Gasteiger partial charge in [-0.15, -0.1) is 0 Å². The Morgan fingerprint density at radius 2 is 2.08 bits per heavy atom. The molecule has 0 bridgehead atoms. The molecule has 1 aliphatic heterocycles. The first-order valence-electron chi connectivity index (χ1n) is 8.75. The summed E-state index contributed by atoms with van der Waals surface area (Å²) in [5, 5.41) is 3.10. The summed E-state index contributed by atoms with van der Waals surface area (Å²) in [6.45, 7) is 8.07. The zero-order chi connectivity index (χ0) is 19.1. The lowest BCUT2D eigenvalue weighted by molar-refractivity contribution is -0.896. The number of amides is 2. The molecule has 0 aliphatic carbocycles. The minimum atomic E-state index is -0.985. The molecule has 1 aromatic carbocycles. The maximum atomic E-state index is 12.8. The third kappa shape index (κ3) is 5.09. The molecule has 1 unspecified atom stereocenters. The summed E-state index contributed by atoms with van der Waals surface area (Å²) in [6.07, 6.45) is 2.33. The van der Waals surface area contributed by atoms with E-state index >= 15 is 0 Å². The number of nitrogens with one attached hydrogen (secondary N) is 2. The number of aliphatic imine (C=N–C) groups is 1. The van der Waals surface area contributed by atoms with Crippen LogP contribution in [-0.2, 0) is 9.59 Å². The number of carbonyl (C=O) groups is 2. The van der Waals surface area contributed by atoms with Crippen LogP contribution in [0.4, 0.5) is 5.69 Å². The van der Waals surface area contributed by atoms with Crippen molar-refractivity contribution in [2.45, 2.75) is 20.3 Å². The number of thiocarbonyl (C=S) groups is 1. The molecule has 8 heteroatoms. The van der Waals surface area contributed by atoms with Crippen molar-refractivity contribution in [3.63, 3.8) is 0 Å². The Balaban J connectivity index is 2.04. The van der Waals surface area contributed by atoms with Gasteiger partial charge in [0.05, 0.1) is 25.3 Å². The maximum Gasteiger partial charge on any atom is 0.251 e. The SMILES string of the molecule is CC[NH+](CC)CCCN=CC1C(=O)NC(=S)N(c2cccc(Cl)c2)C1=O. The van der Waals surface area contributed by atoms with Crippen molar-refractivity contribution in [3.8, 4) is 0 Å². The van der Waals surface area contributed by atoms with Gasteiger partial charge < -0.3 is 10.2 Å². The molecule has 1 heterocycles. The smallest absolute Gasteiger partial charge is 0.251 e. The van der Waals surface area contributed by atoms with E-state index in [0.717, 1.165) is 26.1 Å². The van der Waals surface area contributed by atoms with Crippen molar-refractivity contribution in [1.82, 2.24) is 5.32 Å². The van der Waals surface area contributed by atoms with Gasteiger partial charge in [-0.25, -0.2) is 0 Å². The lowest BCUT2D eigenvalue weighted by Gasteiger charge is -2.31. The standard InChI is InChI=1S/C18H23ClN4O2S/c1-3-22(4-2)10-6-9-20-12-15-16(24)21-18(26)23(17(15)25)14-8-5-7-13(19)11-14/h5,7-8,11-12,15H,3-4,6,9-10H2,1-2H3,(H,21,24,26)/p+1. The zero-order valence-electron chi connectivity index (χ0n) is 15.0. The average Bonchev–Trinajstić information content (AvgIpc) is 2.60. The number of nitrogens with zero attached hydrogens (tertiary/aromatic N) is 2. The van der Waals surface area contributed by atoms with E-state index in [-0.39, 0.29) is 5.11 Å². The summed E-state index contributed by atoms with van der Waals surface area (Å²) in [6, 6.07) is 6.78. The molecule has 1 saturated heterocycles. The van der Waals surface area contributed by atoms with Gasteiger partial charge in [-0.2, -0.15) is 0 Å². The van der Waals surface area contributed by atoms with Gasteiger partial charge in [0.15, 0.2) is 11.0 Å². The summed E-state index contributed by atoms with van der Waals surface area (Å²) in [7, 11) is 0. The summed E-state index contributed by atoms with van der Waals surface area (Å²) in [5.41, 5.74) is 0.524. The van der Waals surface area contributed by atoms with E-state index in [1.165, 1.54) is 16.0 Å². The van der Waals surface area contributed by atoms with Gasteiger partial charge in [0.2, 0.25) is 5.91 Å². The fourth-order valence-electron chi connectivity index (χ4n) is 2.79. The van der Waals surface area contributed by atoms with Crippen LogP contribution in [0.1, 0.15) is 20.3 Å². The molecule has 1 atom stereocenters. The third-order valence-corrected chi connectivity index (χ3v) is 4.86. The predicted molar refractivity (Wildman–Crippen MR) is 108 cm³/mol. The molecular weight excluding hydrogens is 372 g/mol. The van der Waals surface area contributed by atoms with E-state index in [0.29, 0.717) is 17.3 Å². The molecule has 2 amide bonds. The molecule has 0 radical (unpaired) electrons. The summed E-state index contributed by atoms with van der Waals surface area (Å²) in [4.78, 5) is 32.0. The van der Waals surface area contributed by atoms with Gasteiger partial charge in [-0.1, -0.05) is 17.7 Å². The lowest BCUT2D eigenvalue weighted by atomic mass is 10.1. The van der Waals surface area contributed by atoms with E-state index in [1.54, 1.807) is 24.3 Å². The van der Waals surface area contributed by atoms with E-state index < -0.39 is 17.7 Å². The van der Waals surface area contributed by atoms with Crippen LogP contribution in [0.25, 0.3) is 0 Å². The van der Waals surface area contributed by atoms with Gasteiger partial charge in [-0.3, -0.25) is 19.5 Å². The van der Waals surface area contributed by atoms with Crippen molar-refractivity contribution in [2.75, 3.05) is 31.1 Å². The first kappa shape index (κ1) is 20.5. The van der Waals surface area contributed by atoms with Crippen LogP contribution in [0, 0.1) is 5.92 Å². The van der Waals surface area contributed by atoms with Crippen LogP contribution in [0.2, 0.25) is 5.02 Å². The van der Waals surface area contributed by atoms with Crippen molar-refractivity contribution < 1.29 is 14.5 Å². The second-order valence-electron chi connectivity index (χ2n) is 6.04. The molecule has 0 spiro atoms. The number of hydrogen-bond donors (Lipinski definition) is 2. The van der Waals surface area contributed by atoms with Gasteiger partial charge in [-0.05, 0) is 44.3 Å².